The van der Waals surface area contributed by atoms with Crippen LogP contribution >= 0.6 is 0 Å². The van der Waals surface area contributed by atoms with Gasteiger partial charge in [0.1, 0.15) is 25.0 Å². The Kier molecular flexibility index (Phi) is 2.86. The predicted octanol–water partition coefficient (Wildman–Crippen LogP) is 1.93. The topological polar surface area (TPSA) is 51.6 Å². The van der Waals surface area contributed by atoms with Crippen LogP contribution in [-0.4, -0.2) is 23.3 Å². The maximum Gasteiger partial charge on any atom is 0.185 e. The highest BCUT2D eigenvalue weighted by Gasteiger charge is 2.23. The molecule has 1 aromatic carbocycles. The first kappa shape index (κ1) is 11.0. The van der Waals surface area contributed by atoms with E-state index in [9.17, 15) is 5.11 Å². The summed E-state index contributed by atoms with van der Waals surface area (Å²) in [6.07, 6.45) is 0.817. The number of benzene rings is 1. The van der Waals surface area contributed by atoms with Crippen molar-refractivity contribution in [3.05, 3.63) is 53.9 Å². The van der Waals surface area contributed by atoms with Crippen molar-refractivity contribution in [2.24, 2.45) is 0 Å². The van der Waals surface area contributed by atoms with E-state index >= 15 is 0 Å². The highest BCUT2D eigenvalue weighted by Crippen LogP contribution is 2.37. The van der Waals surface area contributed by atoms with E-state index in [1.54, 1.807) is 12.3 Å². The molecule has 0 aliphatic carbocycles. The first-order valence-electron chi connectivity index (χ1n) is 5.84. The highest BCUT2D eigenvalue weighted by molar-refractivity contribution is 5.46. The molecule has 0 radical (unpaired) electrons. The molecule has 1 aliphatic heterocycles. The van der Waals surface area contributed by atoms with Gasteiger partial charge in [0.15, 0.2) is 11.5 Å². The summed E-state index contributed by atoms with van der Waals surface area (Å²) < 4.78 is 11.0. The predicted molar refractivity (Wildman–Crippen MR) is 65.7 cm³/mol. The summed E-state index contributed by atoms with van der Waals surface area (Å²) >= 11 is 0. The van der Waals surface area contributed by atoms with Gasteiger partial charge in [-0.15, -0.1) is 0 Å². The minimum absolute atomic E-state index is 0.479. The number of hydrogen-bond acceptors (Lipinski definition) is 4. The van der Waals surface area contributed by atoms with Crippen molar-refractivity contribution in [1.82, 2.24) is 4.98 Å². The Morgan fingerprint density at radius 2 is 1.83 bits per heavy atom. The van der Waals surface area contributed by atoms with Crippen LogP contribution in [0.2, 0.25) is 0 Å². The van der Waals surface area contributed by atoms with Gasteiger partial charge in [-0.05, 0) is 5.56 Å². The minimum Gasteiger partial charge on any atom is -0.486 e. The maximum absolute atomic E-state index is 10.3. The largest absolute Gasteiger partial charge is 0.486 e. The van der Waals surface area contributed by atoms with Gasteiger partial charge in [-0.25, -0.2) is 0 Å². The quantitative estimate of drug-likeness (QED) is 0.875. The van der Waals surface area contributed by atoms with Crippen molar-refractivity contribution < 1.29 is 14.6 Å². The Morgan fingerprint density at radius 1 is 1.06 bits per heavy atom. The summed E-state index contributed by atoms with van der Waals surface area (Å²) in [6.45, 7) is 1.01. The van der Waals surface area contributed by atoms with Gasteiger partial charge < -0.3 is 14.6 Å². The van der Waals surface area contributed by atoms with E-state index in [0.717, 1.165) is 5.56 Å². The van der Waals surface area contributed by atoms with Crippen LogP contribution in [0.15, 0.2) is 42.6 Å². The Bertz CT molecular complexity index is 542. The monoisotopic (exact) mass is 243 g/mol. The van der Waals surface area contributed by atoms with Crippen LogP contribution in [0, 0.1) is 0 Å². The lowest BCUT2D eigenvalue weighted by Gasteiger charge is -2.22. The fourth-order valence-electron chi connectivity index (χ4n) is 1.99. The minimum atomic E-state index is -0.803. The summed E-state index contributed by atoms with van der Waals surface area (Å²) in [5.41, 5.74) is 1.28. The molecule has 0 spiro atoms. The van der Waals surface area contributed by atoms with E-state index in [0.29, 0.717) is 30.4 Å². The number of fused-ring (bicyclic) bond motifs is 1. The van der Waals surface area contributed by atoms with Gasteiger partial charge >= 0.3 is 0 Å². The molecule has 0 saturated heterocycles. The zero-order chi connectivity index (χ0) is 12.4. The van der Waals surface area contributed by atoms with Gasteiger partial charge in [0.25, 0.3) is 0 Å². The molecule has 1 atom stereocenters. The highest BCUT2D eigenvalue weighted by atomic mass is 16.6. The summed E-state index contributed by atoms with van der Waals surface area (Å²) in [4.78, 5) is 4.21. The van der Waals surface area contributed by atoms with Crippen molar-refractivity contribution >= 4 is 0 Å². The van der Waals surface area contributed by atoms with Gasteiger partial charge in [0.05, 0.1) is 0 Å². The molecule has 0 saturated carbocycles. The third-order valence-corrected chi connectivity index (χ3v) is 2.86. The van der Waals surface area contributed by atoms with Crippen LogP contribution < -0.4 is 9.47 Å². The van der Waals surface area contributed by atoms with Crippen LogP contribution in [-0.2, 0) is 0 Å². The molecule has 0 fully saturated rings. The first-order valence-corrected chi connectivity index (χ1v) is 5.84. The standard InChI is InChI=1S/C14H13NO3/c16-13(10-4-2-1-3-5-10)12-14-11(6-7-15-12)17-8-9-18-14/h1-7,13,16H,8-9H2. The third kappa shape index (κ3) is 1.91. The molecule has 2 aromatic rings. The molecule has 18 heavy (non-hydrogen) atoms. The van der Waals surface area contributed by atoms with Crippen LogP contribution in [0.25, 0.3) is 0 Å². The molecular formula is C14H13NO3. The second-order valence-electron chi connectivity index (χ2n) is 4.03. The molecule has 4 heteroatoms. The number of pyridine rings is 1. The lowest BCUT2D eigenvalue weighted by Crippen LogP contribution is -2.18. The van der Waals surface area contributed by atoms with Crippen molar-refractivity contribution in [2.75, 3.05) is 13.2 Å². The molecular weight excluding hydrogens is 230 g/mol. The van der Waals surface area contributed by atoms with E-state index in [4.69, 9.17) is 9.47 Å². The molecule has 3 rings (SSSR count). The van der Waals surface area contributed by atoms with Crippen molar-refractivity contribution in [3.8, 4) is 11.5 Å². The SMILES string of the molecule is OC(c1ccccc1)c1nccc2c1OCCO2. The number of aromatic nitrogens is 1. The first-order chi connectivity index (χ1) is 8.86. The number of nitrogens with zero attached hydrogens (tertiary/aromatic N) is 1. The summed E-state index contributed by atoms with van der Waals surface area (Å²) in [5.74, 6) is 1.18. The van der Waals surface area contributed by atoms with E-state index in [1.165, 1.54) is 0 Å². The lowest BCUT2D eigenvalue weighted by atomic mass is 10.1. The van der Waals surface area contributed by atoms with Crippen molar-refractivity contribution in [3.63, 3.8) is 0 Å². The van der Waals surface area contributed by atoms with Crippen LogP contribution in [0.1, 0.15) is 17.4 Å². The second-order valence-corrected chi connectivity index (χ2v) is 4.03. The van der Waals surface area contributed by atoms with E-state index < -0.39 is 6.10 Å². The average molecular weight is 243 g/mol. The molecule has 0 amide bonds. The van der Waals surface area contributed by atoms with Crippen molar-refractivity contribution in [2.45, 2.75) is 6.10 Å². The average Bonchev–Trinajstić information content (AvgIpc) is 2.47. The number of aliphatic hydroxyl groups is 1. The van der Waals surface area contributed by atoms with Crippen LogP contribution in [0.3, 0.4) is 0 Å². The normalized spacial score (nSPS) is 15.2. The number of ether oxygens (including phenoxy) is 2. The number of hydrogen-bond donors (Lipinski definition) is 1. The van der Waals surface area contributed by atoms with Gasteiger partial charge in [0, 0.05) is 12.3 Å². The third-order valence-electron chi connectivity index (χ3n) is 2.86. The van der Waals surface area contributed by atoms with Gasteiger partial charge in [-0.3, -0.25) is 4.98 Å². The molecule has 0 bridgehead atoms. The summed E-state index contributed by atoms with van der Waals surface area (Å²) in [7, 11) is 0. The molecule has 2 heterocycles. The molecule has 4 nitrogen and oxygen atoms in total. The number of rotatable bonds is 2. The second kappa shape index (κ2) is 4.66. The maximum atomic E-state index is 10.3. The summed E-state index contributed by atoms with van der Waals surface area (Å²) in [6, 6.07) is 11.1. The fourth-order valence-corrected chi connectivity index (χ4v) is 1.99. The zero-order valence-electron chi connectivity index (χ0n) is 9.74. The van der Waals surface area contributed by atoms with Crippen molar-refractivity contribution in [1.29, 1.82) is 0 Å². The Hall–Kier alpha value is -2.07. The fraction of sp³-hybridized carbons (Fsp3) is 0.214. The molecule has 1 aromatic heterocycles. The zero-order valence-corrected chi connectivity index (χ0v) is 9.74. The summed E-state index contributed by atoms with van der Waals surface area (Å²) in [5, 5.41) is 10.3. The Morgan fingerprint density at radius 3 is 2.67 bits per heavy atom. The van der Waals surface area contributed by atoms with Gasteiger partial charge in [-0.1, -0.05) is 30.3 Å². The van der Waals surface area contributed by atoms with Crippen LogP contribution in [0.5, 0.6) is 11.5 Å². The molecule has 92 valence electrons. The van der Waals surface area contributed by atoms with E-state index in [-0.39, 0.29) is 0 Å². The van der Waals surface area contributed by atoms with E-state index in [1.807, 2.05) is 30.3 Å². The van der Waals surface area contributed by atoms with Crippen LogP contribution in [0.4, 0.5) is 0 Å². The van der Waals surface area contributed by atoms with E-state index in [2.05, 4.69) is 4.98 Å². The lowest BCUT2D eigenvalue weighted by molar-refractivity contribution is 0.155. The molecule has 1 aliphatic rings. The smallest absolute Gasteiger partial charge is 0.185 e. The molecule has 1 N–H and O–H groups in total. The van der Waals surface area contributed by atoms with Gasteiger partial charge in [0.2, 0.25) is 0 Å². The Labute approximate surface area is 105 Å². The molecule has 1 unspecified atom stereocenters. The van der Waals surface area contributed by atoms with Gasteiger partial charge in [-0.2, -0.15) is 0 Å². The Balaban J connectivity index is 2.02. The number of aliphatic hydroxyl groups excluding tert-OH is 1.